The van der Waals surface area contributed by atoms with Crippen LogP contribution in [0.15, 0.2) is 89.2 Å². The number of hydrogen-bond donors (Lipinski definition) is 3. The van der Waals surface area contributed by atoms with Gasteiger partial charge in [0.1, 0.15) is 11.9 Å². The summed E-state index contributed by atoms with van der Waals surface area (Å²) in [5, 5.41) is 27.9. The zero-order valence-corrected chi connectivity index (χ0v) is 34.4. The highest BCUT2D eigenvalue weighted by Gasteiger charge is 2.57. The van der Waals surface area contributed by atoms with Gasteiger partial charge in [0.25, 0.3) is 0 Å². The van der Waals surface area contributed by atoms with Gasteiger partial charge < -0.3 is 19.8 Å². The van der Waals surface area contributed by atoms with Crippen molar-refractivity contribution in [1.29, 1.82) is 0 Å². The Kier molecular flexibility index (Phi) is 10.1. The van der Waals surface area contributed by atoms with Crippen molar-refractivity contribution in [2.75, 3.05) is 13.1 Å². The summed E-state index contributed by atoms with van der Waals surface area (Å²) in [6, 6.07) is 12.2. The Balaban J connectivity index is 0.780. The number of benzene rings is 1. The molecule has 3 N–H and O–H groups in total. The van der Waals surface area contributed by atoms with E-state index in [9.17, 15) is 19.8 Å². The molecule has 3 fully saturated rings. The Morgan fingerprint density at radius 1 is 0.983 bits per heavy atom. The van der Waals surface area contributed by atoms with E-state index in [1.165, 1.54) is 45.8 Å². The van der Waals surface area contributed by atoms with Crippen LogP contribution in [0.1, 0.15) is 102 Å². The van der Waals surface area contributed by atoms with Crippen LogP contribution in [0.4, 0.5) is 4.79 Å². The monoisotopic (exact) mass is 785 g/mol. The quantitative estimate of drug-likeness (QED) is 0.204. The molecule has 2 aromatic heterocycles. The molecule has 6 aliphatic rings. The molecule has 10 heteroatoms. The van der Waals surface area contributed by atoms with Gasteiger partial charge in [0.2, 0.25) is 0 Å². The number of allylic oxidation sites excluding steroid dienone is 4. The summed E-state index contributed by atoms with van der Waals surface area (Å²) < 4.78 is 7.73. The fraction of sp³-hybridized carbons (Fsp3) is 0.542. The third-order valence-corrected chi connectivity index (χ3v) is 15.5. The van der Waals surface area contributed by atoms with Gasteiger partial charge in [0.15, 0.2) is 5.82 Å². The molecule has 9 rings (SSSR count). The Labute approximate surface area is 341 Å². The van der Waals surface area contributed by atoms with E-state index in [0.29, 0.717) is 53.8 Å². The standard InChI is InChI=1S/C48H59N5O5/c1-29(2)37-26-38(43(55)27-42(37)54)44-50-51-45(56)53(44)34-10-7-30(8-11-34)24-31-17-22-52(23-18-31)46(57)58-35-15-19-47(3)33(25-35)9-12-36-40-14-13-39(32-6-5-21-49-28-32)48(40,4)20-16-41(36)47/h5-11,13,21,26-29,31,35-37,40-42,54-55H,12,14-20,22-25H2,1-4H3,(H,51,56)/t35-,36-,37?,40-,41-,42?,47-,48+/m0/s1. The number of nitrogens with one attached hydrogen (secondary N) is 1. The summed E-state index contributed by atoms with van der Waals surface area (Å²) in [5.41, 5.74) is 6.56. The number of aliphatic hydroxyl groups is 2. The van der Waals surface area contributed by atoms with E-state index in [-0.39, 0.29) is 40.6 Å². The first kappa shape index (κ1) is 38.8. The minimum Gasteiger partial charge on any atom is -0.507 e. The highest BCUT2D eigenvalue weighted by Crippen LogP contribution is 2.66. The number of carbonyl (C=O) groups excluding carboxylic acids is 1. The number of nitrogens with zero attached hydrogens (tertiary/aromatic N) is 4. The van der Waals surface area contributed by atoms with Gasteiger partial charge >= 0.3 is 11.8 Å². The molecule has 306 valence electrons. The van der Waals surface area contributed by atoms with Crippen LogP contribution < -0.4 is 5.69 Å². The lowest BCUT2D eigenvalue weighted by Gasteiger charge is -2.58. The van der Waals surface area contributed by atoms with Crippen molar-refractivity contribution in [3.63, 3.8) is 0 Å². The second-order valence-electron chi connectivity index (χ2n) is 19.0. The summed E-state index contributed by atoms with van der Waals surface area (Å²) in [6.45, 7) is 10.4. The van der Waals surface area contributed by atoms with Crippen molar-refractivity contribution < 1.29 is 19.7 Å². The third kappa shape index (κ3) is 6.79. The van der Waals surface area contributed by atoms with Gasteiger partial charge in [-0.25, -0.2) is 19.3 Å². The molecule has 10 nitrogen and oxygen atoms in total. The van der Waals surface area contributed by atoms with Crippen LogP contribution in [0.2, 0.25) is 0 Å². The maximum atomic E-state index is 13.5. The molecule has 0 radical (unpaired) electrons. The van der Waals surface area contributed by atoms with Gasteiger partial charge in [-0.2, -0.15) is 5.10 Å². The number of aromatic nitrogens is 4. The van der Waals surface area contributed by atoms with E-state index in [0.717, 1.165) is 51.4 Å². The van der Waals surface area contributed by atoms with Gasteiger partial charge in [-0.1, -0.05) is 69.7 Å². The van der Waals surface area contributed by atoms with Crippen molar-refractivity contribution in [3.8, 4) is 5.69 Å². The fourth-order valence-electron chi connectivity index (χ4n) is 12.1. The molecule has 1 amide bonds. The lowest BCUT2D eigenvalue weighted by atomic mass is 9.47. The average molecular weight is 786 g/mol. The first-order chi connectivity index (χ1) is 27.9. The zero-order valence-electron chi connectivity index (χ0n) is 34.4. The molecule has 2 unspecified atom stereocenters. The van der Waals surface area contributed by atoms with Crippen molar-refractivity contribution in [3.05, 3.63) is 112 Å². The molecule has 3 aromatic rings. The number of likely N-dealkylation sites (tertiary alicyclic amines) is 1. The smallest absolute Gasteiger partial charge is 0.410 e. The number of ether oxygens (including phenoxy) is 1. The van der Waals surface area contributed by atoms with Gasteiger partial charge in [-0.05, 0) is 139 Å². The highest BCUT2D eigenvalue weighted by atomic mass is 16.6. The Bertz CT molecular complexity index is 2210. The Morgan fingerprint density at radius 2 is 1.76 bits per heavy atom. The largest absolute Gasteiger partial charge is 0.507 e. The predicted octanol–water partition coefficient (Wildman–Crippen LogP) is 8.84. The van der Waals surface area contributed by atoms with Crippen LogP contribution in [-0.2, 0) is 11.2 Å². The molecule has 1 saturated heterocycles. The second kappa shape index (κ2) is 15.2. The first-order valence-corrected chi connectivity index (χ1v) is 21.8. The first-order valence-electron chi connectivity index (χ1n) is 21.8. The number of pyridine rings is 1. The van der Waals surface area contributed by atoms with Gasteiger partial charge in [0.05, 0.1) is 17.4 Å². The van der Waals surface area contributed by atoms with Crippen LogP contribution >= 0.6 is 0 Å². The number of rotatable bonds is 7. The third-order valence-electron chi connectivity index (χ3n) is 15.5. The van der Waals surface area contributed by atoms with Crippen LogP contribution in [0.5, 0.6) is 0 Å². The minimum atomic E-state index is -0.802. The molecule has 58 heavy (non-hydrogen) atoms. The average Bonchev–Trinajstić information content (AvgIpc) is 3.78. The number of carbonyl (C=O) groups is 1. The lowest BCUT2D eigenvalue weighted by Crippen LogP contribution is -2.50. The van der Waals surface area contributed by atoms with E-state index in [2.05, 4.69) is 53.3 Å². The van der Waals surface area contributed by atoms with E-state index >= 15 is 0 Å². The van der Waals surface area contributed by atoms with Crippen molar-refractivity contribution in [2.45, 2.75) is 104 Å². The number of aromatic amines is 1. The number of aliphatic hydroxyl groups excluding tert-OH is 2. The topological polar surface area (TPSA) is 134 Å². The maximum Gasteiger partial charge on any atom is 0.410 e. The maximum absolute atomic E-state index is 13.5. The van der Waals surface area contributed by atoms with E-state index < -0.39 is 11.8 Å². The van der Waals surface area contributed by atoms with E-state index in [1.807, 2.05) is 55.4 Å². The highest BCUT2D eigenvalue weighted by molar-refractivity contribution is 5.75. The van der Waals surface area contributed by atoms with E-state index in [1.54, 1.807) is 6.08 Å². The molecule has 0 bridgehead atoms. The number of amides is 1. The van der Waals surface area contributed by atoms with Crippen molar-refractivity contribution >= 4 is 17.2 Å². The summed E-state index contributed by atoms with van der Waals surface area (Å²) in [4.78, 5) is 32.8. The summed E-state index contributed by atoms with van der Waals surface area (Å²) in [7, 11) is 0. The Morgan fingerprint density at radius 3 is 2.50 bits per heavy atom. The molecule has 8 atom stereocenters. The summed E-state index contributed by atoms with van der Waals surface area (Å²) in [6.07, 6.45) is 21.5. The van der Waals surface area contributed by atoms with Crippen LogP contribution in [-0.4, -0.2) is 66.3 Å². The molecular formula is C48H59N5O5. The number of H-pyrrole nitrogens is 1. The molecule has 1 aromatic carbocycles. The number of piperidine rings is 1. The predicted molar refractivity (Wildman–Crippen MR) is 225 cm³/mol. The van der Waals surface area contributed by atoms with Crippen LogP contribution in [0.25, 0.3) is 16.8 Å². The number of fused-ring (bicyclic) bond motifs is 5. The van der Waals surface area contributed by atoms with Gasteiger partial charge in [0, 0.05) is 37.8 Å². The Hall–Kier alpha value is -4.70. The molecular weight excluding hydrogens is 727 g/mol. The van der Waals surface area contributed by atoms with Crippen LogP contribution in [0, 0.1) is 46.3 Å². The normalized spacial score (nSPS) is 32.3. The molecule has 2 saturated carbocycles. The van der Waals surface area contributed by atoms with Gasteiger partial charge in [-0.15, -0.1) is 0 Å². The van der Waals surface area contributed by atoms with Crippen molar-refractivity contribution in [2.24, 2.45) is 46.3 Å². The van der Waals surface area contributed by atoms with Gasteiger partial charge in [-0.3, -0.25) is 4.98 Å². The lowest BCUT2D eigenvalue weighted by molar-refractivity contribution is -0.0302. The fourth-order valence-corrected chi connectivity index (χ4v) is 12.1. The van der Waals surface area contributed by atoms with Crippen molar-refractivity contribution in [1.82, 2.24) is 24.6 Å². The summed E-state index contributed by atoms with van der Waals surface area (Å²) >= 11 is 0. The van der Waals surface area contributed by atoms with E-state index in [4.69, 9.17) is 4.74 Å². The second-order valence-corrected chi connectivity index (χ2v) is 19.0. The minimum absolute atomic E-state index is 0.0559. The number of hydrogen-bond acceptors (Lipinski definition) is 7. The SMILES string of the molecule is CC(C)C1C=C(c2n[nH]c(=O)n2-c2ccc(CC3CCN(C(=O)O[C@H]4CC[C@@]5(C)C(=CC[C@@H]6[C@@H]5CC[C@]5(C)C(c7cccnc7)=CC[C@@H]65)C4)CC3)cc2)C(O)=CC1O. The molecule has 0 spiro atoms. The molecule has 3 heterocycles. The zero-order chi connectivity index (χ0) is 40.3. The molecule has 1 aliphatic heterocycles. The van der Waals surface area contributed by atoms with Crippen LogP contribution in [0.3, 0.4) is 0 Å². The summed E-state index contributed by atoms with van der Waals surface area (Å²) in [5.74, 6) is 2.63. The molecule has 5 aliphatic carbocycles.